The molecule has 0 aliphatic heterocycles. The van der Waals surface area contributed by atoms with Crippen molar-refractivity contribution in [2.24, 2.45) is 0 Å². The van der Waals surface area contributed by atoms with Crippen molar-refractivity contribution in [3.8, 4) is 5.88 Å². The molecule has 0 bridgehead atoms. The van der Waals surface area contributed by atoms with Crippen molar-refractivity contribution in [2.75, 3.05) is 6.61 Å². The van der Waals surface area contributed by atoms with Crippen LogP contribution in [0.1, 0.15) is 54.1 Å². The van der Waals surface area contributed by atoms with Gasteiger partial charge in [-0.3, -0.25) is 0 Å². The first-order valence-electron chi connectivity index (χ1n) is 6.80. The SMILES string of the molecule is O=C(O)c1ccc(OCC(F)(F)F)nc1C1CCCCC1. The Kier molecular flexibility index (Phi) is 4.69. The molecule has 0 aromatic carbocycles. The molecule has 21 heavy (non-hydrogen) atoms. The fraction of sp³-hybridized carbons (Fsp3) is 0.571. The summed E-state index contributed by atoms with van der Waals surface area (Å²) in [5, 5.41) is 9.19. The van der Waals surface area contributed by atoms with Gasteiger partial charge in [-0.2, -0.15) is 13.2 Å². The zero-order valence-electron chi connectivity index (χ0n) is 11.3. The van der Waals surface area contributed by atoms with Crippen molar-refractivity contribution in [1.82, 2.24) is 4.98 Å². The highest BCUT2D eigenvalue weighted by Crippen LogP contribution is 2.34. The van der Waals surface area contributed by atoms with Crippen LogP contribution in [0, 0.1) is 0 Å². The minimum Gasteiger partial charge on any atom is -0.478 e. The van der Waals surface area contributed by atoms with Gasteiger partial charge in [-0.1, -0.05) is 19.3 Å². The van der Waals surface area contributed by atoms with Crippen molar-refractivity contribution in [2.45, 2.75) is 44.2 Å². The van der Waals surface area contributed by atoms with Crippen molar-refractivity contribution >= 4 is 5.97 Å². The summed E-state index contributed by atoms with van der Waals surface area (Å²) < 4.78 is 41.1. The van der Waals surface area contributed by atoms with Crippen LogP contribution in [0.4, 0.5) is 13.2 Å². The fourth-order valence-electron chi connectivity index (χ4n) is 2.56. The number of hydrogen-bond acceptors (Lipinski definition) is 3. The van der Waals surface area contributed by atoms with Crippen LogP contribution < -0.4 is 4.74 Å². The van der Waals surface area contributed by atoms with E-state index in [0.717, 1.165) is 32.1 Å². The molecular weight excluding hydrogens is 287 g/mol. The number of pyridine rings is 1. The lowest BCUT2D eigenvalue weighted by Gasteiger charge is -2.22. The highest BCUT2D eigenvalue weighted by molar-refractivity contribution is 5.89. The topological polar surface area (TPSA) is 59.4 Å². The molecule has 0 unspecified atom stereocenters. The van der Waals surface area contributed by atoms with E-state index in [4.69, 9.17) is 0 Å². The summed E-state index contributed by atoms with van der Waals surface area (Å²) in [6, 6.07) is 2.44. The van der Waals surface area contributed by atoms with Gasteiger partial charge in [0.2, 0.25) is 5.88 Å². The Balaban J connectivity index is 2.23. The minimum atomic E-state index is -4.45. The molecule has 0 spiro atoms. The van der Waals surface area contributed by atoms with Crippen molar-refractivity contribution in [1.29, 1.82) is 0 Å². The standard InChI is InChI=1S/C14H16F3NO3/c15-14(16,17)8-21-11-7-6-10(13(19)20)12(18-11)9-4-2-1-3-5-9/h6-7,9H,1-5,8H2,(H,19,20). The maximum Gasteiger partial charge on any atom is 0.422 e. The lowest BCUT2D eigenvalue weighted by atomic mass is 9.85. The number of carboxylic acid groups (broad SMARTS) is 1. The molecule has 1 fully saturated rings. The van der Waals surface area contributed by atoms with E-state index in [1.807, 2.05) is 0 Å². The maximum atomic E-state index is 12.2. The second kappa shape index (κ2) is 6.32. The van der Waals surface area contributed by atoms with Gasteiger partial charge in [0, 0.05) is 12.0 Å². The first-order valence-corrected chi connectivity index (χ1v) is 6.80. The number of rotatable bonds is 4. The van der Waals surface area contributed by atoms with Gasteiger partial charge in [0.25, 0.3) is 0 Å². The molecule has 7 heteroatoms. The van der Waals surface area contributed by atoms with Gasteiger partial charge in [0.05, 0.1) is 11.3 Å². The van der Waals surface area contributed by atoms with E-state index in [2.05, 4.69) is 9.72 Å². The van der Waals surface area contributed by atoms with Gasteiger partial charge >= 0.3 is 12.1 Å². The average Bonchev–Trinajstić information content (AvgIpc) is 2.45. The highest BCUT2D eigenvalue weighted by Gasteiger charge is 2.29. The van der Waals surface area contributed by atoms with Crippen LogP contribution in [0.2, 0.25) is 0 Å². The molecule has 1 N–H and O–H groups in total. The first-order chi connectivity index (χ1) is 9.87. The van der Waals surface area contributed by atoms with E-state index in [1.54, 1.807) is 0 Å². The Morgan fingerprint density at radius 2 is 1.95 bits per heavy atom. The second-order valence-corrected chi connectivity index (χ2v) is 5.13. The Labute approximate surface area is 119 Å². The van der Waals surface area contributed by atoms with Crippen LogP contribution in [-0.4, -0.2) is 28.8 Å². The van der Waals surface area contributed by atoms with Crippen LogP contribution in [-0.2, 0) is 0 Å². The van der Waals surface area contributed by atoms with Crippen LogP contribution in [0.15, 0.2) is 12.1 Å². The maximum absolute atomic E-state index is 12.2. The third kappa shape index (κ3) is 4.34. The van der Waals surface area contributed by atoms with Gasteiger partial charge in [-0.25, -0.2) is 9.78 Å². The monoisotopic (exact) mass is 303 g/mol. The van der Waals surface area contributed by atoms with E-state index in [-0.39, 0.29) is 17.4 Å². The molecule has 0 saturated heterocycles. The smallest absolute Gasteiger partial charge is 0.422 e. The quantitative estimate of drug-likeness (QED) is 0.920. The number of nitrogens with zero attached hydrogens (tertiary/aromatic N) is 1. The lowest BCUT2D eigenvalue weighted by Crippen LogP contribution is -2.20. The molecule has 1 aromatic heterocycles. The van der Waals surface area contributed by atoms with Crippen LogP contribution in [0.3, 0.4) is 0 Å². The number of alkyl halides is 3. The summed E-state index contributed by atoms with van der Waals surface area (Å²) >= 11 is 0. The molecule has 1 aromatic rings. The first kappa shape index (κ1) is 15.6. The highest BCUT2D eigenvalue weighted by atomic mass is 19.4. The molecule has 2 rings (SSSR count). The minimum absolute atomic E-state index is 0.0284. The van der Waals surface area contributed by atoms with Gasteiger partial charge in [0.15, 0.2) is 6.61 Å². The van der Waals surface area contributed by atoms with Gasteiger partial charge in [-0.15, -0.1) is 0 Å². The molecule has 116 valence electrons. The Morgan fingerprint density at radius 3 is 2.52 bits per heavy atom. The number of carbonyl (C=O) groups is 1. The second-order valence-electron chi connectivity index (χ2n) is 5.13. The molecule has 0 amide bonds. The van der Waals surface area contributed by atoms with E-state index in [1.165, 1.54) is 12.1 Å². The number of halogens is 3. The summed E-state index contributed by atoms with van der Waals surface area (Å²) in [5.74, 6) is -1.33. The fourth-order valence-corrected chi connectivity index (χ4v) is 2.56. The molecular formula is C14H16F3NO3. The normalized spacial score (nSPS) is 16.7. The molecule has 4 nitrogen and oxygen atoms in total. The molecule has 0 atom stereocenters. The van der Waals surface area contributed by atoms with E-state index < -0.39 is 18.8 Å². The van der Waals surface area contributed by atoms with E-state index in [9.17, 15) is 23.1 Å². The zero-order valence-corrected chi connectivity index (χ0v) is 11.3. The van der Waals surface area contributed by atoms with Gasteiger partial charge in [-0.05, 0) is 18.9 Å². The molecule has 1 saturated carbocycles. The predicted octanol–water partition coefficient (Wildman–Crippen LogP) is 3.77. The predicted molar refractivity (Wildman–Crippen MR) is 68.6 cm³/mol. The summed E-state index contributed by atoms with van der Waals surface area (Å²) in [6.07, 6.45) is 0.186. The van der Waals surface area contributed by atoms with Crippen molar-refractivity contribution in [3.05, 3.63) is 23.4 Å². The Morgan fingerprint density at radius 1 is 1.29 bits per heavy atom. The number of hydrogen-bond donors (Lipinski definition) is 1. The van der Waals surface area contributed by atoms with E-state index >= 15 is 0 Å². The van der Waals surface area contributed by atoms with Crippen LogP contribution >= 0.6 is 0 Å². The summed E-state index contributed by atoms with van der Waals surface area (Å²) in [5.41, 5.74) is 0.378. The Hall–Kier alpha value is -1.79. The third-order valence-electron chi connectivity index (χ3n) is 3.51. The molecule has 0 radical (unpaired) electrons. The number of aromatic nitrogens is 1. The number of carboxylic acids is 1. The third-order valence-corrected chi connectivity index (χ3v) is 3.51. The summed E-state index contributed by atoms with van der Waals surface area (Å²) in [4.78, 5) is 15.2. The van der Waals surface area contributed by atoms with Crippen molar-refractivity contribution in [3.63, 3.8) is 0 Å². The van der Waals surface area contributed by atoms with Gasteiger partial charge in [0.1, 0.15) is 0 Å². The van der Waals surface area contributed by atoms with Crippen LogP contribution in [0.5, 0.6) is 5.88 Å². The molecule has 1 aliphatic carbocycles. The lowest BCUT2D eigenvalue weighted by molar-refractivity contribution is -0.154. The molecule has 1 heterocycles. The summed E-state index contributed by atoms with van der Waals surface area (Å²) in [7, 11) is 0. The van der Waals surface area contributed by atoms with Crippen molar-refractivity contribution < 1.29 is 27.8 Å². The van der Waals surface area contributed by atoms with Gasteiger partial charge < -0.3 is 9.84 Å². The number of aromatic carboxylic acids is 1. The average molecular weight is 303 g/mol. The van der Waals surface area contributed by atoms with Crippen LogP contribution in [0.25, 0.3) is 0 Å². The van der Waals surface area contributed by atoms with E-state index in [0.29, 0.717) is 5.69 Å². The Bertz CT molecular complexity index is 511. The zero-order chi connectivity index (χ0) is 15.5. The molecule has 1 aliphatic rings. The number of ether oxygens (including phenoxy) is 1. The summed E-state index contributed by atoms with van der Waals surface area (Å²) in [6.45, 7) is -1.43. The largest absolute Gasteiger partial charge is 0.478 e.